The standard InChI is InChI=1S/C8H10O.C7H9NO.CH2O/c1-6-3-7(2)5-8(9)4-6;1-8-6-3-2-4-7(9)5-6;1-2/h3-5,9H,1-2H3;2-5,8-9H,1H3;1H2. The lowest BCUT2D eigenvalue weighted by atomic mass is 10.1. The third-order valence-corrected chi connectivity index (χ3v) is 2.34. The Morgan fingerprint density at radius 1 is 0.900 bits per heavy atom. The first-order valence-corrected chi connectivity index (χ1v) is 6.04. The topological polar surface area (TPSA) is 69.6 Å². The summed E-state index contributed by atoms with van der Waals surface area (Å²) in [7, 11) is 1.81. The Bertz CT molecular complexity index is 476. The molecule has 2 aromatic carbocycles. The van der Waals surface area contributed by atoms with Gasteiger partial charge in [-0.15, -0.1) is 0 Å². The van der Waals surface area contributed by atoms with Crippen molar-refractivity contribution in [2.75, 3.05) is 12.4 Å². The van der Waals surface area contributed by atoms with E-state index in [2.05, 4.69) is 5.32 Å². The molecule has 0 fully saturated rings. The molecule has 4 nitrogen and oxygen atoms in total. The van der Waals surface area contributed by atoms with Gasteiger partial charge in [0.15, 0.2) is 0 Å². The van der Waals surface area contributed by atoms with Gasteiger partial charge in [-0.05, 0) is 49.2 Å². The van der Waals surface area contributed by atoms with Crippen LogP contribution in [0.15, 0.2) is 42.5 Å². The van der Waals surface area contributed by atoms with Gasteiger partial charge < -0.3 is 20.3 Å². The molecule has 2 aromatic rings. The van der Waals surface area contributed by atoms with Crippen molar-refractivity contribution in [3.8, 4) is 11.5 Å². The summed E-state index contributed by atoms with van der Waals surface area (Å²) in [5, 5.41) is 20.8. The molecule has 108 valence electrons. The molecule has 0 spiro atoms. The highest BCUT2D eigenvalue weighted by Crippen LogP contribution is 2.14. The minimum Gasteiger partial charge on any atom is -0.508 e. The lowest BCUT2D eigenvalue weighted by molar-refractivity contribution is -0.0979. The number of phenols is 2. The van der Waals surface area contributed by atoms with E-state index in [1.54, 1.807) is 30.3 Å². The van der Waals surface area contributed by atoms with E-state index in [1.807, 2.05) is 39.8 Å². The van der Waals surface area contributed by atoms with Gasteiger partial charge in [0.2, 0.25) is 0 Å². The number of hydrogen-bond acceptors (Lipinski definition) is 4. The van der Waals surface area contributed by atoms with Crippen molar-refractivity contribution in [1.29, 1.82) is 0 Å². The van der Waals surface area contributed by atoms with Gasteiger partial charge in [-0.2, -0.15) is 0 Å². The largest absolute Gasteiger partial charge is 0.508 e. The Hall–Kier alpha value is -2.49. The number of benzene rings is 2. The van der Waals surface area contributed by atoms with Gasteiger partial charge in [-0.1, -0.05) is 12.1 Å². The van der Waals surface area contributed by atoms with Crippen molar-refractivity contribution in [2.24, 2.45) is 0 Å². The minimum atomic E-state index is 0.293. The van der Waals surface area contributed by atoms with E-state index in [9.17, 15) is 0 Å². The molecule has 0 aliphatic rings. The van der Waals surface area contributed by atoms with Crippen LogP contribution in [0.5, 0.6) is 11.5 Å². The van der Waals surface area contributed by atoms with Crippen LogP contribution in [0, 0.1) is 13.8 Å². The van der Waals surface area contributed by atoms with Gasteiger partial charge in [0.25, 0.3) is 0 Å². The summed E-state index contributed by atoms with van der Waals surface area (Å²) < 4.78 is 0. The normalized spacial score (nSPS) is 8.55. The maximum Gasteiger partial charge on any atom is 0.117 e. The molecule has 0 aliphatic carbocycles. The Morgan fingerprint density at radius 3 is 1.80 bits per heavy atom. The number of nitrogens with one attached hydrogen (secondary N) is 1. The number of phenolic OH excluding ortho intramolecular Hbond substituents is 2. The van der Waals surface area contributed by atoms with Crippen molar-refractivity contribution >= 4 is 12.5 Å². The van der Waals surface area contributed by atoms with Crippen LogP contribution >= 0.6 is 0 Å². The molecular weight excluding hydrogens is 254 g/mol. The molecular formula is C16H21NO3. The van der Waals surface area contributed by atoms with Gasteiger partial charge in [0, 0.05) is 18.8 Å². The van der Waals surface area contributed by atoms with E-state index in [0.717, 1.165) is 16.8 Å². The predicted molar refractivity (Wildman–Crippen MR) is 82.4 cm³/mol. The second-order valence-electron chi connectivity index (χ2n) is 4.15. The van der Waals surface area contributed by atoms with Gasteiger partial charge in [-0.3, -0.25) is 0 Å². The highest BCUT2D eigenvalue weighted by molar-refractivity contribution is 5.46. The Labute approximate surface area is 119 Å². The third kappa shape index (κ3) is 7.06. The van der Waals surface area contributed by atoms with Crippen molar-refractivity contribution in [3.05, 3.63) is 53.6 Å². The zero-order valence-electron chi connectivity index (χ0n) is 12.1. The molecule has 3 N–H and O–H groups in total. The fourth-order valence-corrected chi connectivity index (χ4v) is 1.61. The fraction of sp³-hybridized carbons (Fsp3) is 0.188. The maximum atomic E-state index is 8.99. The first-order valence-electron chi connectivity index (χ1n) is 6.04. The number of aromatic hydroxyl groups is 2. The first kappa shape index (κ1) is 17.5. The molecule has 0 saturated heterocycles. The van der Waals surface area contributed by atoms with E-state index in [1.165, 1.54) is 0 Å². The van der Waals surface area contributed by atoms with E-state index in [-0.39, 0.29) is 0 Å². The van der Waals surface area contributed by atoms with Crippen LogP contribution in [0.3, 0.4) is 0 Å². The summed E-state index contributed by atoms with van der Waals surface area (Å²) in [5.41, 5.74) is 3.13. The van der Waals surface area contributed by atoms with Crippen LogP contribution in [0.25, 0.3) is 0 Å². The smallest absolute Gasteiger partial charge is 0.117 e. The molecule has 0 aromatic heterocycles. The molecule has 0 amide bonds. The Morgan fingerprint density at radius 2 is 1.45 bits per heavy atom. The van der Waals surface area contributed by atoms with Crippen LogP contribution in [0.2, 0.25) is 0 Å². The van der Waals surface area contributed by atoms with E-state index in [4.69, 9.17) is 15.0 Å². The van der Waals surface area contributed by atoms with Gasteiger partial charge in [0.1, 0.15) is 18.3 Å². The van der Waals surface area contributed by atoms with Crippen LogP contribution in [0.1, 0.15) is 11.1 Å². The molecule has 0 radical (unpaired) electrons. The number of aryl methyl sites for hydroxylation is 2. The number of rotatable bonds is 1. The van der Waals surface area contributed by atoms with Crippen LogP contribution in [-0.4, -0.2) is 24.0 Å². The van der Waals surface area contributed by atoms with Crippen LogP contribution < -0.4 is 5.32 Å². The van der Waals surface area contributed by atoms with Crippen molar-refractivity contribution in [3.63, 3.8) is 0 Å². The summed E-state index contributed by atoms with van der Waals surface area (Å²) in [4.78, 5) is 8.00. The molecule has 0 aliphatic heterocycles. The summed E-state index contributed by atoms with van der Waals surface area (Å²) in [6.45, 7) is 5.93. The summed E-state index contributed by atoms with van der Waals surface area (Å²) in [6.07, 6.45) is 0. The summed E-state index contributed by atoms with van der Waals surface area (Å²) >= 11 is 0. The second-order valence-corrected chi connectivity index (χ2v) is 4.15. The molecule has 0 atom stereocenters. The zero-order valence-corrected chi connectivity index (χ0v) is 12.1. The fourth-order valence-electron chi connectivity index (χ4n) is 1.61. The molecule has 0 bridgehead atoms. The minimum absolute atomic E-state index is 0.293. The van der Waals surface area contributed by atoms with Gasteiger partial charge >= 0.3 is 0 Å². The number of hydrogen-bond donors (Lipinski definition) is 3. The highest BCUT2D eigenvalue weighted by Gasteiger charge is 1.89. The molecule has 2 rings (SSSR count). The maximum absolute atomic E-state index is 8.99. The van der Waals surface area contributed by atoms with E-state index < -0.39 is 0 Å². The summed E-state index contributed by atoms with van der Waals surface area (Å²) in [5.74, 6) is 0.648. The average molecular weight is 275 g/mol. The quantitative estimate of drug-likeness (QED) is 0.747. The molecule has 20 heavy (non-hydrogen) atoms. The third-order valence-electron chi connectivity index (χ3n) is 2.34. The van der Waals surface area contributed by atoms with Crippen molar-refractivity contribution in [1.82, 2.24) is 0 Å². The first-order chi connectivity index (χ1) is 9.51. The van der Waals surface area contributed by atoms with E-state index in [0.29, 0.717) is 11.5 Å². The molecule has 0 unspecified atom stereocenters. The zero-order chi connectivity index (χ0) is 15.5. The Balaban J connectivity index is 0.000000321. The van der Waals surface area contributed by atoms with Crippen LogP contribution in [-0.2, 0) is 4.79 Å². The average Bonchev–Trinajstić information content (AvgIpc) is 2.40. The lowest BCUT2D eigenvalue weighted by Gasteiger charge is -1.97. The lowest BCUT2D eigenvalue weighted by Crippen LogP contribution is -1.85. The number of carbonyl (C=O) groups is 1. The Kier molecular flexibility index (Phi) is 8.27. The molecule has 0 heterocycles. The van der Waals surface area contributed by atoms with Gasteiger partial charge in [-0.25, -0.2) is 0 Å². The second kappa shape index (κ2) is 9.44. The highest BCUT2D eigenvalue weighted by atomic mass is 16.3. The SMILES string of the molecule is C=O.CNc1cccc(O)c1.Cc1cc(C)cc(O)c1. The molecule has 4 heteroatoms. The monoisotopic (exact) mass is 275 g/mol. The van der Waals surface area contributed by atoms with Crippen molar-refractivity contribution in [2.45, 2.75) is 13.8 Å². The van der Waals surface area contributed by atoms with Gasteiger partial charge in [0.05, 0.1) is 0 Å². The number of carbonyl (C=O) groups excluding carboxylic acids is 1. The van der Waals surface area contributed by atoms with Crippen molar-refractivity contribution < 1.29 is 15.0 Å². The van der Waals surface area contributed by atoms with E-state index >= 15 is 0 Å². The number of anilines is 1. The predicted octanol–water partition coefficient (Wildman–Crippen LogP) is 3.26. The summed E-state index contributed by atoms with van der Waals surface area (Å²) in [6, 6.07) is 12.5. The van der Waals surface area contributed by atoms with Crippen LogP contribution in [0.4, 0.5) is 5.69 Å². The molecule has 0 saturated carbocycles.